The Kier molecular flexibility index (Phi) is 9.39. The largest absolute Gasteiger partial charge is 0.497 e. The molecule has 1 atom stereocenters. The van der Waals surface area contributed by atoms with Crippen molar-refractivity contribution in [1.29, 1.82) is 0 Å². The Morgan fingerprint density at radius 3 is 2.23 bits per heavy atom. The second kappa shape index (κ2) is 13.5. The fourth-order valence-corrected chi connectivity index (χ4v) is 5.86. The highest BCUT2D eigenvalue weighted by molar-refractivity contribution is 6.03. The average molecular weight is 586 g/mol. The first-order chi connectivity index (χ1) is 20.9. The normalized spacial score (nSPS) is 14.1. The average Bonchev–Trinajstić information content (AvgIpc) is 3.45. The molecule has 9 heteroatoms. The van der Waals surface area contributed by atoms with Gasteiger partial charge in [0.05, 0.1) is 40.5 Å². The van der Waals surface area contributed by atoms with Gasteiger partial charge in [0.25, 0.3) is 0 Å². The van der Waals surface area contributed by atoms with Crippen LogP contribution in [0.5, 0.6) is 23.0 Å². The van der Waals surface area contributed by atoms with Crippen molar-refractivity contribution >= 4 is 28.4 Å². The molecule has 1 aromatic heterocycles. The van der Waals surface area contributed by atoms with Crippen LogP contribution in [0.4, 0.5) is 5.69 Å². The Hall–Kier alpha value is -4.66. The highest BCUT2D eigenvalue weighted by Crippen LogP contribution is 2.38. The third kappa shape index (κ3) is 6.56. The van der Waals surface area contributed by atoms with Gasteiger partial charge >= 0.3 is 0 Å². The number of nitrogens with zero attached hydrogens (tertiary/aromatic N) is 1. The number of fused-ring (bicyclic) bond motifs is 1. The standard InChI is InChI=1S/C34H39N3O6/c1-40-26-18-25(19-27(20-26)41-2)37(32(38)17-23-21-35-29-13-9-8-12-28(23)29)33(34(39)36-24-10-6-5-7-11-24)22-14-15-30(42-3)31(16-22)43-4/h8-9,12-16,18-21,24,33,35H,5-7,10-11,17H2,1-4H3,(H,36,39)/t33-/m1/s1. The van der Waals surface area contributed by atoms with E-state index in [1.165, 1.54) is 0 Å². The molecule has 0 spiro atoms. The van der Waals surface area contributed by atoms with Crippen LogP contribution < -0.4 is 29.2 Å². The molecule has 1 heterocycles. The quantitative estimate of drug-likeness (QED) is 0.225. The van der Waals surface area contributed by atoms with E-state index in [-0.39, 0.29) is 24.3 Å². The third-order valence-electron chi connectivity index (χ3n) is 8.08. The summed E-state index contributed by atoms with van der Waals surface area (Å²) in [4.78, 5) is 33.7. The number of hydrogen-bond acceptors (Lipinski definition) is 6. The maximum Gasteiger partial charge on any atom is 0.248 e. The summed E-state index contributed by atoms with van der Waals surface area (Å²) < 4.78 is 22.2. The van der Waals surface area contributed by atoms with Crippen LogP contribution in [0.2, 0.25) is 0 Å². The maximum absolute atomic E-state index is 14.5. The molecule has 0 saturated heterocycles. The summed E-state index contributed by atoms with van der Waals surface area (Å²) in [6.45, 7) is 0. The molecule has 4 aromatic rings. The van der Waals surface area contributed by atoms with Crippen LogP contribution >= 0.6 is 0 Å². The summed E-state index contributed by atoms with van der Waals surface area (Å²) in [7, 11) is 6.21. The predicted octanol–water partition coefficient (Wildman–Crippen LogP) is 5.97. The minimum atomic E-state index is -1.02. The van der Waals surface area contributed by atoms with Crippen molar-refractivity contribution in [3.63, 3.8) is 0 Å². The number of aromatic nitrogens is 1. The molecule has 1 aliphatic rings. The van der Waals surface area contributed by atoms with Crippen LogP contribution in [0.25, 0.3) is 10.9 Å². The zero-order valence-electron chi connectivity index (χ0n) is 25.1. The zero-order chi connectivity index (χ0) is 30.3. The molecular weight excluding hydrogens is 546 g/mol. The van der Waals surface area contributed by atoms with E-state index in [1.807, 2.05) is 30.5 Å². The van der Waals surface area contributed by atoms with Crippen LogP contribution in [-0.2, 0) is 16.0 Å². The number of carbonyl (C=O) groups excluding carboxylic acids is 2. The van der Waals surface area contributed by atoms with Gasteiger partial charge in [0.1, 0.15) is 17.5 Å². The Bertz CT molecular complexity index is 1550. The number of benzene rings is 3. The summed E-state index contributed by atoms with van der Waals surface area (Å²) in [5.41, 5.74) is 2.82. The van der Waals surface area contributed by atoms with Crippen LogP contribution in [0.1, 0.15) is 49.3 Å². The van der Waals surface area contributed by atoms with Crippen molar-refractivity contribution in [2.45, 2.75) is 50.6 Å². The molecule has 0 bridgehead atoms. The lowest BCUT2D eigenvalue weighted by molar-refractivity contribution is -0.127. The van der Waals surface area contributed by atoms with Crippen molar-refractivity contribution < 1.29 is 28.5 Å². The predicted molar refractivity (Wildman–Crippen MR) is 166 cm³/mol. The highest BCUT2D eigenvalue weighted by Gasteiger charge is 2.35. The van der Waals surface area contributed by atoms with Crippen LogP contribution in [0.15, 0.2) is 66.9 Å². The SMILES string of the molecule is COc1cc(OC)cc(N(C(=O)Cc2c[nH]c3ccccc23)[C@@H](C(=O)NC2CCCCC2)c2ccc(OC)c(OC)c2)c1. The summed E-state index contributed by atoms with van der Waals surface area (Å²) >= 11 is 0. The number of hydrogen-bond donors (Lipinski definition) is 2. The van der Waals surface area contributed by atoms with Crippen molar-refractivity contribution in [3.05, 3.63) is 78.0 Å². The zero-order valence-corrected chi connectivity index (χ0v) is 25.1. The Balaban J connectivity index is 1.65. The van der Waals surface area contributed by atoms with Gasteiger partial charge in [0, 0.05) is 41.3 Å². The second-order valence-corrected chi connectivity index (χ2v) is 10.7. The summed E-state index contributed by atoms with van der Waals surface area (Å²) in [5.74, 6) is 1.45. The number of ether oxygens (including phenoxy) is 4. The van der Waals surface area contributed by atoms with Crippen LogP contribution in [0, 0.1) is 0 Å². The van der Waals surface area contributed by atoms with Gasteiger partial charge in [-0.05, 0) is 42.2 Å². The lowest BCUT2D eigenvalue weighted by atomic mass is 9.94. The lowest BCUT2D eigenvalue weighted by Gasteiger charge is -2.34. The number of amides is 2. The highest BCUT2D eigenvalue weighted by atomic mass is 16.5. The van der Waals surface area contributed by atoms with E-state index < -0.39 is 6.04 Å². The number of aromatic amines is 1. The number of methoxy groups -OCH3 is 4. The topological polar surface area (TPSA) is 102 Å². The number of rotatable bonds is 11. The summed E-state index contributed by atoms with van der Waals surface area (Å²) in [5, 5.41) is 4.21. The van der Waals surface area contributed by atoms with Gasteiger partial charge in [0.15, 0.2) is 11.5 Å². The fraction of sp³-hybridized carbons (Fsp3) is 0.353. The Morgan fingerprint density at radius 2 is 1.56 bits per heavy atom. The molecule has 2 N–H and O–H groups in total. The number of carbonyl (C=O) groups is 2. The number of nitrogens with one attached hydrogen (secondary N) is 2. The molecule has 3 aromatic carbocycles. The van der Waals surface area contributed by atoms with E-state index in [1.54, 1.807) is 69.7 Å². The molecule has 0 radical (unpaired) electrons. The van der Waals surface area contributed by atoms with E-state index in [2.05, 4.69) is 10.3 Å². The first kappa shape index (κ1) is 29.8. The van der Waals surface area contributed by atoms with Crippen molar-refractivity contribution in [2.24, 2.45) is 0 Å². The molecule has 5 rings (SSSR count). The molecule has 1 aliphatic carbocycles. The molecule has 43 heavy (non-hydrogen) atoms. The third-order valence-corrected chi connectivity index (χ3v) is 8.08. The maximum atomic E-state index is 14.5. The van der Waals surface area contributed by atoms with Crippen molar-refractivity contribution in [1.82, 2.24) is 10.3 Å². The molecule has 1 saturated carbocycles. The van der Waals surface area contributed by atoms with Gasteiger partial charge in [0.2, 0.25) is 11.8 Å². The Morgan fingerprint density at radius 1 is 0.860 bits per heavy atom. The van der Waals surface area contributed by atoms with Crippen LogP contribution in [-0.4, -0.2) is 51.3 Å². The van der Waals surface area contributed by atoms with E-state index >= 15 is 0 Å². The fourth-order valence-electron chi connectivity index (χ4n) is 5.86. The summed E-state index contributed by atoms with van der Waals surface area (Å²) in [6, 6.07) is 17.4. The summed E-state index contributed by atoms with van der Waals surface area (Å²) in [6.07, 6.45) is 6.99. The smallest absolute Gasteiger partial charge is 0.248 e. The van der Waals surface area contributed by atoms with Gasteiger partial charge in [-0.2, -0.15) is 0 Å². The van der Waals surface area contributed by atoms with Gasteiger partial charge in [-0.15, -0.1) is 0 Å². The lowest BCUT2D eigenvalue weighted by Crippen LogP contribution is -2.47. The molecule has 0 aliphatic heterocycles. The van der Waals surface area contributed by atoms with Crippen molar-refractivity contribution in [2.75, 3.05) is 33.3 Å². The van der Waals surface area contributed by atoms with E-state index in [4.69, 9.17) is 18.9 Å². The van der Waals surface area contributed by atoms with Crippen LogP contribution in [0.3, 0.4) is 0 Å². The molecule has 226 valence electrons. The molecule has 0 unspecified atom stereocenters. The van der Waals surface area contributed by atoms with Crippen molar-refractivity contribution in [3.8, 4) is 23.0 Å². The molecule has 1 fully saturated rings. The molecule has 2 amide bonds. The first-order valence-electron chi connectivity index (χ1n) is 14.6. The Labute approximate surface area is 252 Å². The minimum absolute atomic E-state index is 0.0364. The molecular formula is C34H39N3O6. The first-order valence-corrected chi connectivity index (χ1v) is 14.6. The van der Waals surface area contributed by atoms with Gasteiger partial charge in [-0.3, -0.25) is 14.5 Å². The number of H-pyrrole nitrogens is 1. The minimum Gasteiger partial charge on any atom is -0.497 e. The van der Waals surface area contributed by atoms with Gasteiger partial charge in [-0.25, -0.2) is 0 Å². The number of para-hydroxylation sites is 1. The van der Waals surface area contributed by atoms with Gasteiger partial charge in [-0.1, -0.05) is 43.5 Å². The van der Waals surface area contributed by atoms with E-state index in [0.29, 0.717) is 34.2 Å². The second-order valence-electron chi connectivity index (χ2n) is 10.7. The van der Waals surface area contributed by atoms with E-state index in [0.717, 1.165) is 48.6 Å². The molecule has 9 nitrogen and oxygen atoms in total. The number of anilines is 1. The van der Waals surface area contributed by atoms with E-state index in [9.17, 15) is 9.59 Å². The van der Waals surface area contributed by atoms with Gasteiger partial charge < -0.3 is 29.2 Å². The monoisotopic (exact) mass is 585 g/mol.